The Balaban J connectivity index is 1.72. The summed E-state index contributed by atoms with van der Waals surface area (Å²) in [6, 6.07) is 34.2. The van der Waals surface area contributed by atoms with Gasteiger partial charge < -0.3 is 19.9 Å². The van der Waals surface area contributed by atoms with E-state index in [1.54, 1.807) is 6.07 Å². The summed E-state index contributed by atoms with van der Waals surface area (Å²) < 4.78 is 12.6. The van der Waals surface area contributed by atoms with Crippen molar-refractivity contribution in [1.29, 1.82) is 0 Å². The largest absolute Gasteiger partial charge is 0.504 e. The van der Waals surface area contributed by atoms with E-state index in [-0.39, 0.29) is 5.75 Å². The number of phenols is 1. The van der Waals surface area contributed by atoms with Gasteiger partial charge in [-0.2, -0.15) is 0 Å². The minimum absolute atomic E-state index is 0.115. The van der Waals surface area contributed by atoms with Gasteiger partial charge >= 0.3 is 0 Å². The van der Waals surface area contributed by atoms with E-state index < -0.39 is 11.8 Å². The molecule has 4 heteroatoms. The lowest BCUT2D eigenvalue weighted by Gasteiger charge is -2.44. The number of aromatic hydroxyl groups is 1. The molecule has 0 saturated carbocycles. The van der Waals surface area contributed by atoms with Gasteiger partial charge in [-0.25, -0.2) is 0 Å². The molecule has 1 heterocycles. The highest BCUT2D eigenvalue weighted by molar-refractivity contribution is 5.64. The van der Waals surface area contributed by atoms with Gasteiger partial charge in [0, 0.05) is 16.8 Å². The van der Waals surface area contributed by atoms with Crippen LogP contribution in [-0.2, 0) is 10.3 Å². The minimum atomic E-state index is -0.807. The average molecular weight is 424 g/mol. The summed E-state index contributed by atoms with van der Waals surface area (Å²) in [5.41, 5.74) is 4.22. The van der Waals surface area contributed by atoms with Crippen LogP contribution in [0.15, 0.2) is 103 Å². The zero-order valence-corrected chi connectivity index (χ0v) is 17.9. The van der Waals surface area contributed by atoms with Gasteiger partial charge in [-0.15, -0.1) is 0 Å². The Morgan fingerprint density at radius 3 is 2.12 bits per heavy atom. The molecule has 0 spiro atoms. The fourth-order valence-corrected chi connectivity index (χ4v) is 4.40. The predicted molar refractivity (Wildman–Crippen MR) is 126 cm³/mol. The van der Waals surface area contributed by atoms with E-state index in [0.717, 1.165) is 27.9 Å². The lowest BCUT2D eigenvalue weighted by molar-refractivity contribution is -0.0433. The highest BCUT2D eigenvalue weighted by atomic mass is 16.5. The SMILES string of the molecule is CCOc1cc([C@H]2Nc3ccccc3C(c3ccccc3)(c3ccccc3)O2)ccc1O. The van der Waals surface area contributed by atoms with E-state index in [4.69, 9.17) is 9.47 Å². The summed E-state index contributed by atoms with van der Waals surface area (Å²) in [6.07, 6.45) is -0.454. The van der Waals surface area contributed by atoms with Crippen LogP contribution in [0.2, 0.25) is 0 Å². The molecule has 1 aliphatic rings. The molecule has 0 unspecified atom stereocenters. The number of ether oxygens (including phenoxy) is 2. The molecule has 4 aromatic rings. The molecule has 32 heavy (non-hydrogen) atoms. The second-order valence-corrected chi connectivity index (χ2v) is 7.76. The maximum absolute atomic E-state index is 10.2. The molecule has 1 atom stereocenters. The Labute approximate surface area is 188 Å². The molecular formula is C28H25NO3. The van der Waals surface area contributed by atoms with Crippen LogP contribution < -0.4 is 10.1 Å². The maximum Gasteiger partial charge on any atom is 0.161 e. The van der Waals surface area contributed by atoms with Gasteiger partial charge in [0.15, 0.2) is 17.7 Å². The summed E-state index contributed by atoms with van der Waals surface area (Å²) >= 11 is 0. The predicted octanol–water partition coefficient (Wildman–Crippen LogP) is 6.22. The minimum Gasteiger partial charge on any atom is -0.504 e. The van der Waals surface area contributed by atoms with Crippen LogP contribution >= 0.6 is 0 Å². The molecule has 0 aliphatic carbocycles. The monoisotopic (exact) mass is 423 g/mol. The first-order valence-corrected chi connectivity index (χ1v) is 10.8. The second kappa shape index (κ2) is 8.40. The summed E-state index contributed by atoms with van der Waals surface area (Å²) in [5, 5.41) is 13.7. The van der Waals surface area contributed by atoms with Gasteiger partial charge in [0.05, 0.1) is 6.61 Å². The normalized spacial score (nSPS) is 16.6. The maximum atomic E-state index is 10.2. The lowest BCUT2D eigenvalue weighted by Crippen LogP contribution is -2.40. The molecule has 0 amide bonds. The number of fused-ring (bicyclic) bond motifs is 1. The van der Waals surface area contributed by atoms with Crippen molar-refractivity contribution in [2.75, 3.05) is 11.9 Å². The van der Waals surface area contributed by atoms with E-state index in [1.807, 2.05) is 67.6 Å². The van der Waals surface area contributed by atoms with Gasteiger partial charge in [-0.05, 0) is 36.2 Å². The molecule has 0 aromatic heterocycles. The molecule has 0 saturated heterocycles. The third kappa shape index (κ3) is 3.39. The number of phenolic OH excluding ortho intramolecular Hbond substituents is 1. The van der Waals surface area contributed by atoms with E-state index in [2.05, 4.69) is 41.7 Å². The number of anilines is 1. The zero-order chi connectivity index (χ0) is 22.0. The Kier molecular flexibility index (Phi) is 5.29. The van der Waals surface area contributed by atoms with Gasteiger partial charge in [0.2, 0.25) is 0 Å². The first-order valence-electron chi connectivity index (χ1n) is 10.8. The number of nitrogens with one attached hydrogen (secondary N) is 1. The highest BCUT2D eigenvalue weighted by Gasteiger charge is 2.45. The first-order chi connectivity index (χ1) is 15.7. The topological polar surface area (TPSA) is 50.7 Å². The molecule has 0 bridgehead atoms. The van der Waals surface area contributed by atoms with Crippen LogP contribution in [0.4, 0.5) is 5.69 Å². The molecule has 5 rings (SSSR count). The Morgan fingerprint density at radius 2 is 1.47 bits per heavy atom. The zero-order valence-electron chi connectivity index (χ0n) is 17.9. The molecule has 0 fully saturated rings. The van der Waals surface area contributed by atoms with Crippen LogP contribution in [0, 0.1) is 0 Å². The van der Waals surface area contributed by atoms with Gasteiger partial charge in [-0.1, -0.05) is 84.9 Å². The number of para-hydroxylation sites is 1. The van der Waals surface area contributed by atoms with Gasteiger partial charge in [0.1, 0.15) is 5.60 Å². The smallest absolute Gasteiger partial charge is 0.161 e. The van der Waals surface area contributed by atoms with E-state index in [0.29, 0.717) is 12.4 Å². The molecule has 4 nitrogen and oxygen atoms in total. The van der Waals surface area contributed by atoms with Crippen LogP contribution in [-0.4, -0.2) is 11.7 Å². The first kappa shape index (κ1) is 20.2. The summed E-state index contributed by atoms with van der Waals surface area (Å²) in [5.74, 6) is 0.559. The summed E-state index contributed by atoms with van der Waals surface area (Å²) in [7, 11) is 0. The van der Waals surface area contributed by atoms with Crippen LogP contribution in [0.3, 0.4) is 0 Å². The van der Waals surface area contributed by atoms with Crippen LogP contribution in [0.25, 0.3) is 0 Å². The standard InChI is InChI=1S/C28H25NO3/c1-2-31-26-19-20(17-18-25(26)30)27-29-24-16-10-9-15-23(24)28(32-27,21-11-5-3-6-12-21)22-13-7-4-8-14-22/h3-19,27,29-30H,2H2,1H3/t27-/m0/s1. The number of benzene rings is 4. The lowest BCUT2D eigenvalue weighted by atomic mass is 9.78. The fraction of sp³-hybridized carbons (Fsp3) is 0.143. The molecular weight excluding hydrogens is 398 g/mol. The fourth-order valence-electron chi connectivity index (χ4n) is 4.40. The Bertz CT molecular complexity index is 1170. The number of hydrogen-bond donors (Lipinski definition) is 2. The van der Waals surface area contributed by atoms with Crippen LogP contribution in [0.5, 0.6) is 11.5 Å². The molecule has 2 N–H and O–H groups in total. The third-order valence-corrected chi connectivity index (χ3v) is 5.83. The van der Waals surface area contributed by atoms with Crippen molar-refractivity contribution in [2.24, 2.45) is 0 Å². The van der Waals surface area contributed by atoms with Crippen molar-refractivity contribution >= 4 is 5.69 Å². The van der Waals surface area contributed by atoms with E-state index >= 15 is 0 Å². The van der Waals surface area contributed by atoms with E-state index in [1.165, 1.54) is 0 Å². The van der Waals surface area contributed by atoms with Crippen molar-refractivity contribution in [2.45, 2.75) is 18.8 Å². The van der Waals surface area contributed by atoms with Crippen molar-refractivity contribution in [3.63, 3.8) is 0 Å². The quantitative estimate of drug-likeness (QED) is 0.400. The molecule has 160 valence electrons. The van der Waals surface area contributed by atoms with Crippen molar-refractivity contribution < 1.29 is 14.6 Å². The summed E-state index contributed by atoms with van der Waals surface area (Å²) in [6.45, 7) is 2.37. The van der Waals surface area contributed by atoms with E-state index in [9.17, 15) is 5.11 Å². The van der Waals surface area contributed by atoms with Crippen LogP contribution in [0.1, 0.15) is 35.4 Å². The highest BCUT2D eigenvalue weighted by Crippen LogP contribution is 2.50. The number of hydrogen-bond acceptors (Lipinski definition) is 4. The Morgan fingerprint density at radius 1 is 0.844 bits per heavy atom. The van der Waals surface area contributed by atoms with Crippen molar-refractivity contribution in [1.82, 2.24) is 0 Å². The third-order valence-electron chi connectivity index (χ3n) is 5.83. The summed E-state index contributed by atoms with van der Waals surface area (Å²) in [4.78, 5) is 0. The van der Waals surface area contributed by atoms with Crippen molar-refractivity contribution in [3.05, 3.63) is 125 Å². The number of rotatable bonds is 5. The van der Waals surface area contributed by atoms with Crippen molar-refractivity contribution in [3.8, 4) is 11.5 Å². The molecule has 1 aliphatic heterocycles. The Hall–Kier alpha value is -3.76. The second-order valence-electron chi connectivity index (χ2n) is 7.76. The van der Waals surface area contributed by atoms with Gasteiger partial charge in [-0.3, -0.25) is 0 Å². The average Bonchev–Trinajstić information content (AvgIpc) is 2.86. The van der Waals surface area contributed by atoms with Gasteiger partial charge in [0.25, 0.3) is 0 Å². The molecule has 0 radical (unpaired) electrons. The molecule has 4 aromatic carbocycles.